The Kier molecular flexibility index (Phi) is 17.3. The minimum Gasteiger partial charge on any atom is -0.480 e. The van der Waals surface area contributed by atoms with E-state index in [0.29, 0.717) is 0 Å². The summed E-state index contributed by atoms with van der Waals surface area (Å²) >= 11 is 1.51. The van der Waals surface area contributed by atoms with Gasteiger partial charge in [0, 0.05) is 5.75 Å². The fraction of sp³-hybridized carbons (Fsp3) is 0.938. The van der Waals surface area contributed by atoms with Crippen LogP contribution >= 0.6 is 33.3 Å². The molecule has 0 aliphatic carbocycles. The van der Waals surface area contributed by atoms with E-state index in [0.717, 1.165) is 5.08 Å². The van der Waals surface area contributed by atoms with E-state index in [-0.39, 0.29) is 5.25 Å². The van der Waals surface area contributed by atoms with Crippen molar-refractivity contribution < 1.29 is 9.90 Å². The van der Waals surface area contributed by atoms with E-state index < -0.39 is 5.97 Å². The second-order valence-electron chi connectivity index (χ2n) is 5.39. The summed E-state index contributed by atoms with van der Waals surface area (Å²) in [4.78, 5) is 10.6. The first-order valence-electron chi connectivity index (χ1n) is 8.27. The topological polar surface area (TPSA) is 37.3 Å². The van der Waals surface area contributed by atoms with Crippen molar-refractivity contribution in [1.29, 1.82) is 0 Å². The van der Waals surface area contributed by atoms with Crippen molar-refractivity contribution in [2.45, 2.75) is 83.3 Å². The standard InChI is InChI=1S/C16H32O2S3/c1-3-4-5-6-7-8-9-10-11-12-13-20-21-14-19-15(2)16(17)18/h15H,3-14H2,1-2H3,(H,17,18). The Bertz CT molecular complexity index is 238. The third kappa shape index (κ3) is 16.7. The minimum absolute atomic E-state index is 0.282. The van der Waals surface area contributed by atoms with E-state index in [1.807, 2.05) is 10.8 Å². The van der Waals surface area contributed by atoms with Crippen LogP contribution in [0.15, 0.2) is 0 Å². The quantitative estimate of drug-likeness (QED) is 0.196. The predicted molar refractivity (Wildman–Crippen MR) is 101 cm³/mol. The minimum atomic E-state index is -0.708. The summed E-state index contributed by atoms with van der Waals surface area (Å²) in [6.07, 6.45) is 13.8. The summed E-state index contributed by atoms with van der Waals surface area (Å²) in [6, 6.07) is 0. The molecule has 0 heterocycles. The molecule has 0 saturated heterocycles. The zero-order valence-electron chi connectivity index (χ0n) is 13.6. The average molecular weight is 353 g/mol. The third-order valence-corrected chi connectivity index (χ3v) is 7.50. The van der Waals surface area contributed by atoms with Crippen molar-refractivity contribution >= 4 is 39.3 Å². The molecular formula is C16H32O2S3. The van der Waals surface area contributed by atoms with Crippen LogP contribution in [-0.4, -0.2) is 27.2 Å². The van der Waals surface area contributed by atoms with Crippen LogP contribution in [0.2, 0.25) is 0 Å². The number of thioether (sulfide) groups is 1. The Hall–Kier alpha value is 0.520. The van der Waals surface area contributed by atoms with Gasteiger partial charge in [0.25, 0.3) is 0 Å². The van der Waals surface area contributed by atoms with Crippen molar-refractivity contribution in [3.05, 3.63) is 0 Å². The molecule has 0 spiro atoms. The molecule has 21 heavy (non-hydrogen) atoms. The number of hydrogen-bond donors (Lipinski definition) is 1. The predicted octanol–water partition coefficient (Wildman–Crippen LogP) is 6.45. The van der Waals surface area contributed by atoms with E-state index in [1.54, 1.807) is 17.7 Å². The summed E-state index contributed by atoms with van der Waals surface area (Å²) in [7, 11) is 3.68. The molecule has 0 aromatic carbocycles. The van der Waals surface area contributed by atoms with E-state index in [2.05, 4.69) is 6.92 Å². The third-order valence-electron chi connectivity index (χ3n) is 3.38. The van der Waals surface area contributed by atoms with Crippen LogP contribution in [-0.2, 0) is 4.79 Å². The number of carboxylic acids is 1. The average Bonchev–Trinajstić information content (AvgIpc) is 2.47. The van der Waals surface area contributed by atoms with Gasteiger partial charge in [-0.15, -0.1) is 11.8 Å². The molecule has 0 saturated carbocycles. The SMILES string of the molecule is CCCCCCCCCCCCSSCSC(C)C(=O)O. The molecular weight excluding hydrogens is 320 g/mol. The van der Waals surface area contributed by atoms with Gasteiger partial charge in [-0.2, -0.15) is 0 Å². The summed E-state index contributed by atoms with van der Waals surface area (Å²) in [5.41, 5.74) is 0. The lowest BCUT2D eigenvalue weighted by atomic mass is 10.1. The molecule has 126 valence electrons. The highest BCUT2D eigenvalue weighted by Crippen LogP contribution is 2.28. The number of aliphatic carboxylic acids is 1. The van der Waals surface area contributed by atoms with Crippen LogP contribution in [0.25, 0.3) is 0 Å². The van der Waals surface area contributed by atoms with Gasteiger partial charge < -0.3 is 5.11 Å². The first kappa shape index (κ1) is 21.5. The lowest BCUT2D eigenvalue weighted by molar-refractivity contribution is -0.136. The molecule has 1 N–H and O–H groups in total. The summed E-state index contributed by atoms with van der Waals surface area (Å²) in [6.45, 7) is 4.02. The zero-order chi connectivity index (χ0) is 15.8. The van der Waals surface area contributed by atoms with Crippen LogP contribution in [0.1, 0.15) is 78.1 Å². The highest BCUT2D eigenvalue weighted by molar-refractivity contribution is 8.78. The molecule has 0 fully saturated rings. The summed E-state index contributed by atoms with van der Waals surface area (Å²) < 4.78 is 0. The van der Waals surface area contributed by atoms with Crippen molar-refractivity contribution in [3.8, 4) is 0 Å². The lowest BCUT2D eigenvalue weighted by Crippen LogP contribution is -2.11. The van der Waals surface area contributed by atoms with E-state index in [1.165, 1.54) is 81.7 Å². The Balaban J connectivity index is 3.04. The smallest absolute Gasteiger partial charge is 0.316 e. The zero-order valence-corrected chi connectivity index (χ0v) is 16.1. The number of unbranched alkanes of at least 4 members (excludes halogenated alkanes) is 9. The largest absolute Gasteiger partial charge is 0.480 e. The maximum atomic E-state index is 10.6. The van der Waals surface area contributed by atoms with Crippen molar-refractivity contribution in [2.24, 2.45) is 0 Å². The Morgan fingerprint density at radius 1 is 0.905 bits per heavy atom. The Morgan fingerprint density at radius 3 is 1.95 bits per heavy atom. The van der Waals surface area contributed by atoms with Crippen molar-refractivity contribution in [1.82, 2.24) is 0 Å². The fourth-order valence-corrected chi connectivity index (χ4v) is 5.66. The number of carbonyl (C=O) groups is 1. The molecule has 2 nitrogen and oxygen atoms in total. The molecule has 1 unspecified atom stereocenters. The van der Waals surface area contributed by atoms with Crippen molar-refractivity contribution in [2.75, 3.05) is 10.8 Å². The first-order valence-corrected chi connectivity index (χ1v) is 11.8. The summed E-state index contributed by atoms with van der Waals surface area (Å²) in [5.74, 6) is 0.490. The number of rotatable bonds is 16. The highest BCUT2D eigenvalue weighted by atomic mass is 33.1. The number of hydrogen-bond acceptors (Lipinski definition) is 4. The molecule has 0 aromatic rings. The number of carboxylic acid groups (broad SMARTS) is 1. The van der Waals surface area contributed by atoms with Gasteiger partial charge in [-0.1, -0.05) is 86.3 Å². The van der Waals surface area contributed by atoms with Crippen LogP contribution < -0.4 is 0 Å². The van der Waals surface area contributed by atoms with Crippen molar-refractivity contribution in [3.63, 3.8) is 0 Å². The second kappa shape index (κ2) is 16.9. The van der Waals surface area contributed by atoms with Crippen LogP contribution in [0, 0.1) is 0 Å². The first-order chi connectivity index (χ1) is 10.2. The molecule has 0 aliphatic rings. The van der Waals surface area contributed by atoms with Gasteiger partial charge in [-0.3, -0.25) is 4.79 Å². The van der Waals surface area contributed by atoms with E-state index in [4.69, 9.17) is 5.11 Å². The van der Waals surface area contributed by atoms with Gasteiger partial charge in [0.1, 0.15) is 5.25 Å². The maximum absolute atomic E-state index is 10.6. The van der Waals surface area contributed by atoms with Gasteiger partial charge in [0.15, 0.2) is 0 Å². The van der Waals surface area contributed by atoms with Gasteiger partial charge in [-0.25, -0.2) is 0 Å². The monoisotopic (exact) mass is 352 g/mol. The van der Waals surface area contributed by atoms with Gasteiger partial charge >= 0.3 is 5.97 Å². The Morgan fingerprint density at radius 2 is 1.43 bits per heavy atom. The van der Waals surface area contributed by atoms with Crippen LogP contribution in [0.5, 0.6) is 0 Å². The highest BCUT2D eigenvalue weighted by Gasteiger charge is 2.10. The molecule has 0 amide bonds. The molecule has 0 aromatic heterocycles. The normalized spacial score (nSPS) is 12.5. The van der Waals surface area contributed by atoms with E-state index >= 15 is 0 Å². The summed E-state index contributed by atoms with van der Waals surface area (Å²) in [5, 5.41) is 9.34. The second-order valence-corrected chi connectivity index (χ2v) is 9.66. The molecule has 1 atom stereocenters. The van der Waals surface area contributed by atoms with Gasteiger partial charge in [0.2, 0.25) is 0 Å². The maximum Gasteiger partial charge on any atom is 0.316 e. The molecule has 5 heteroatoms. The fourth-order valence-electron chi connectivity index (χ4n) is 1.94. The molecule has 0 aliphatic heterocycles. The van der Waals surface area contributed by atoms with Crippen LogP contribution in [0.3, 0.4) is 0 Å². The molecule has 0 rings (SSSR count). The van der Waals surface area contributed by atoms with E-state index in [9.17, 15) is 4.79 Å². The Labute approximate surface area is 143 Å². The molecule has 0 radical (unpaired) electrons. The molecule has 0 bridgehead atoms. The lowest BCUT2D eigenvalue weighted by Gasteiger charge is -2.05. The van der Waals surface area contributed by atoms with Gasteiger partial charge in [0.05, 0.1) is 5.08 Å². The van der Waals surface area contributed by atoms with Crippen LogP contribution in [0.4, 0.5) is 0 Å². The van der Waals surface area contributed by atoms with Gasteiger partial charge in [-0.05, 0) is 13.3 Å².